The number of likely N-dealkylation sites (tertiary alicyclic amines) is 3. The second-order valence-corrected chi connectivity index (χ2v) is 15.1. The van der Waals surface area contributed by atoms with E-state index in [0.29, 0.717) is 51.6 Å². The van der Waals surface area contributed by atoms with Gasteiger partial charge >= 0.3 is 11.9 Å². The van der Waals surface area contributed by atoms with Crippen LogP contribution in [0.15, 0.2) is 0 Å². The van der Waals surface area contributed by atoms with Crippen molar-refractivity contribution in [2.75, 3.05) is 45.8 Å². The van der Waals surface area contributed by atoms with E-state index in [4.69, 9.17) is 17.2 Å². The van der Waals surface area contributed by atoms with Crippen LogP contribution in [0.1, 0.15) is 77.0 Å². The van der Waals surface area contributed by atoms with Gasteiger partial charge < -0.3 is 73.6 Å². The van der Waals surface area contributed by atoms with Crippen LogP contribution >= 0.6 is 0 Å². The van der Waals surface area contributed by atoms with Crippen LogP contribution in [-0.4, -0.2) is 183 Å². The van der Waals surface area contributed by atoms with Crippen LogP contribution in [0.4, 0.5) is 0 Å². The summed E-state index contributed by atoms with van der Waals surface area (Å²) in [6.07, 6.45) is -0.168. The average Bonchev–Trinajstić information content (AvgIpc) is 3.95. The van der Waals surface area contributed by atoms with Crippen molar-refractivity contribution in [3.8, 4) is 0 Å². The first-order chi connectivity index (χ1) is 28.0. The molecule has 332 valence electrons. The molecule has 3 rings (SSSR count). The highest BCUT2D eigenvalue weighted by molar-refractivity contribution is 5.97. The molecule has 14 N–H and O–H groups in total. The van der Waals surface area contributed by atoms with Gasteiger partial charge in [0.2, 0.25) is 41.4 Å². The highest BCUT2D eigenvalue weighted by Gasteiger charge is 2.43. The lowest BCUT2D eigenvalue weighted by Gasteiger charge is -2.29. The van der Waals surface area contributed by atoms with Crippen LogP contribution in [0, 0.1) is 0 Å². The van der Waals surface area contributed by atoms with Crippen LogP contribution < -0.4 is 38.5 Å². The number of aliphatic hydroxyl groups is 2. The molecule has 0 aromatic heterocycles. The quantitative estimate of drug-likeness (QED) is 0.0428. The molecule has 59 heavy (non-hydrogen) atoms. The Kier molecular flexibility index (Phi) is 19.3. The Labute approximate surface area is 341 Å². The van der Waals surface area contributed by atoms with Crippen LogP contribution in [0.5, 0.6) is 0 Å². The molecule has 0 saturated carbocycles. The number of nitrogens with zero attached hydrogens (tertiary/aromatic N) is 3. The highest BCUT2D eigenvalue weighted by Crippen LogP contribution is 2.23. The lowest BCUT2D eigenvalue weighted by Crippen LogP contribution is -2.56. The van der Waals surface area contributed by atoms with Crippen molar-refractivity contribution >= 4 is 53.3 Å². The van der Waals surface area contributed by atoms with Crippen molar-refractivity contribution in [3.63, 3.8) is 0 Å². The minimum Gasteiger partial charge on any atom is -0.481 e. The summed E-state index contributed by atoms with van der Waals surface area (Å²) < 4.78 is 0. The second kappa shape index (κ2) is 23.6. The number of carboxylic acid groups (broad SMARTS) is 2. The normalized spacial score (nSPS) is 22.9. The summed E-state index contributed by atoms with van der Waals surface area (Å²) in [5.74, 6) is -7.84. The number of hydrogen-bond donors (Lipinski definition) is 11. The molecule has 0 aliphatic carbocycles. The molecule has 8 atom stereocenters. The molecule has 3 fully saturated rings. The van der Waals surface area contributed by atoms with Crippen molar-refractivity contribution in [3.05, 3.63) is 0 Å². The number of β-amino-alcohol motifs (C(OH)–C–C–N with tert-alkyl or cyclic N) is 2. The smallest absolute Gasteiger partial charge is 0.326 e. The maximum Gasteiger partial charge on any atom is 0.326 e. The number of carbonyl (C=O) groups excluding carboxylic acids is 7. The summed E-state index contributed by atoms with van der Waals surface area (Å²) in [6.45, 7) is -0.882. The molecule has 23 heteroatoms. The molecule has 3 saturated heterocycles. The van der Waals surface area contributed by atoms with Gasteiger partial charge in [0, 0.05) is 38.9 Å². The largest absolute Gasteiger partial charge is 0.481 e. The average molecular weight is 841 g/mol. The number of rotatable bonds is 23. The van der Waals surface area contributed by atoms with E-state index in [2.05, 4.69) is 21.3 Å². The zero-order valence-corrected chi connectivity index (χ0v) is 33.1. The monoisotopic (exact) mass is 840 g/mol. The third-order valence-corrected chi connectivity index (χ3v) is 10.6. The van der Waals surface area contributed by atoms with Crippen molar-refractivity contribution in [2.24, 2.45) is 17.2 Å². The fourth-order valence-corrected chi connectivity index (χ4v) is 7.45. The molecule has 3 aliphatic rings. The van der Waals surface area contributed by atoms with Crippen molar-refractivity contribution in [2.45, 2.75) is 126 Å². The summed E-state index contributed by atoms with van der Waals surface area (Å²) >= 11 is 0. The van der Waals surface area contributed by atoms with Gasteiger partial charge in [0.25, 0.3) is 0 Å². The Hall–Kier alpha value is -4.97. The number of aliphatic hydroxyl groups excluding tert-OH is 2. The van der Waals surface area contributed by atoms with E-state index in [1.165, 1.54) is 4.90 Å². The molecule has 0 unspecified atom stereocenters. The first-order valence-electron chi connectivity index (χ1n) is 20.0. The predicted octanol–water partition coefficient (Wildman–Crippen LogP) is -5.36. The Bertz CT molecular complexity index is 1540. The molecular weight excluding hydrogens is 780 g/mol. The highest BCUT2D eigenvalue weighted by atomic mass is 16.4. The number of unbranched alkanes of at least 4 members (excludes halogenated alkanes) is 2. The van der Waals surface area contributed by atoms with Gasteiger partial charge in [-0.1, -0.05) is 6.42 Å². The molecule has 0 radical (unpaired) electrons. The minimum atomic E-state index is -1.52. The first-order valence-corrected chi connectivity index (χ1v) is 20.0. The molecule has 0 bridgehead atoms. The van der Waals surface area contributed by atoms with Gasteiger partial charge in [0.1, 0.15) is 30.2 Å². The fourth-order valence-electron chi connectivity index (χ4n) is 7.45. The Morgan fingerprint density at radius 3 is 1.76 bits per heavy atom. The Morgan fingerprint density at radius 1 is 0.644 bits per heavy atom. The lowest BCUT2D eigenvalue weighted by molar-refractivity contribution is -0.144. The zero-order chi connectivity index (χ0) is 43.8. The minimum absolute atomic E-state index is 0.113. The van der Waals surface area contributed by atoms with E-state index >= 15 is 0 Å². The lowest BCUT2D eigenvalue weighted by atomic mass is 10.1. The maximum atomic E-state index is 13.8. The number of aliphatic carboxylic acids is 2. The van der Waals surface area contributed by atoms with Gasteiger partial charge in [-0.2, -0.15) is 0 Å². The predicted molar refractivity (Wildman–Crippen MR) is 205 cm³/mol. The molecule has 3 aliphatic heterocycles. The van der Waals surface area contributed by atoms with Crippen molar-refractivity contribution in [1.29, 1.82) is 0 Å². The summed E-state index contributed by atoms with van der Waals surface area (Å²) in [5.41, 5.74) is 17.0. The topological polar surface area (TPSA) is 370 Å². The van der Waals surface area contributed by atoms with E-state index in [9.17, 15) is 63.6 Å². The molecule has 3 heterocycles. The standard InChI is InChI=1S/C36H60N10O13/c37-11-3-1-6-22(39)34(56)45-18-20(47)14-26(45)31(53)40-16-28(49)42-23(9-10-30(51)52)35(57)46-19-21(48)15-27(46)32(54)41-17-29(50)44-13-5-8-25(44)33(55)43-24(36(58)59)7-2-4-12-38/h20-27,47-48H,1-19,37-39H2,(H,40,53)(H,41,54)(H,42,49)(H,43,55)(H,51,52)(H,58,59)/t20-,21-,22+,23+,24+,25+,26+,27+/m1/s1. The van der Waals surface area contributed by atoms with E-state index in [0.717, 1.165) is 9.80 Å². The number of carbonyl (C=O) groups is 9. The van der Waals surface area contributed by atoms with E-state index in [-0.39, 0.29) is 45.3 Å². The van der Waals surface area contributed by atoms with Crippen LogP contribution in [0.2, 0.25) is 0 Å². The van der Waals surface area contributed by atoms with Gasteiger partial charge in [0.05, 0.1) is 31.3 Å². The van der Waals surface area contributed by atoms with Crippen LogP contribution in [-0.2, 0) is 43.2 Å². The van der Waals surface area contributed by atoms with Crippen molar-refractivity contribution < 1.29 is 63.6 Å². The Balaban J connectivity index is 1.61. The summed E-state index contributed by atoms with van der Waals surface area (Å²) in [7, 11) is 0. The number of carboxylic acids is 2. The molecule has 23 nitrogen and oxygen atoms in total. The first kappa shape index (κ1) is 48.4. The number of nitrogens with one attached hydrogen (secondary N) is 4. The molecule has 0 aromatic rings. The molecule has 0 spiro atoms. The summed E-state index contributed by atoms with van der Waals surface area (Å²) in [5, 5.41) is 49.2. The summed E-state index contributed by atoms with van der Waals surface area (Å²) in [4.78, 5) is 119. The van der Waals surface area contributed by atoms with Gasteiger partial charge in [-0.15, -0.1) is 0 Å². The number of amides is 7. The molecular formula is C36H60N10O13. The number of nitrogens with two attached hydrogens (primary N) is 3. The number of hydrogen-bond acceptors (Lipinski definition) is 14. The van der Waals surface area contributed by atoms with E-state index < -0.39 is 128 Å². The van der Waals surface area contributed by atoms with E-state index in [1.807, 2.05) is 0 Å². The van der Waals surface area contributed by atoms with Crippen molar-refractivity contribution in [1.82, 2.24) is 36.0 Å². The second-order valence-electron chi connectivity index (χ2n) is 15.1. The third kappa shape index (κ3) is 14.4. The van der Waals surface area contributed by atoms with Crippen LogP contribution in [0.25, 0.3) is 0 Å². The van der Waals surface area contributed by atoms with Gasteiger partial charge in [-0.05, 0) is 64.5 Å². The van der Waals surface area contributed by atoms with E-state index in [1.54, 1.807) is 0 Å². The molecule has 7 amide bonds. The fraction of sp³-hybridized carbons (Fsp3) is 0.750. The summed E-state index contributed by atoms with van der Waals surface area (Å²) in [6, 6.07) is -7.09. The van der Waals surface area contributed by atoms with Crippen LogP contribution in [0.3, 0.4) is 0 Å². The maximum absolute atomic E-state index is 13.8. The SMILES string of the molecule is NCCCC[C@H](NC(=O)[C@@H]1CCCN1C(=O)CNC(=O)[C@@H]1C[C@@H](O)CN1C(=O)[C@H](CCC(=O)O)NC(=O)CNC(=O)[C@@H]1C[C@@H](O)CN1C(=O)[C@@H](N)CCCCN)C(=O)O. The third-order valence-electron chi connectivity index (χ3n) is 10.6. The van der Waals surface area contributed by atoms with Gasteiger partial charge in [-0.3, -0.25) is 38.4 Å². The molecule has 0 aromatic carbocycles. The zero-order valence-electron chi connectivity index (χ0n) is 33.1. The van der Waals surface area contributed by atoms with Gasteiger partial charge in [-0.25, -0.2) is 4.79 Å². The van der Waals surface area contributed by atoms with Gasteiger partial charge in [0.15, 0.2) is 0 Å². The Morgan fingerprint density at radius 2 is 1.20 bits per heavy atom.